The Morgan fingerprint density at radius 1 is 1.04 bits per heavy atom. The van der Waals surface area contributed by atoms with Gasteiger partial charge in [0, 0.05) is 23.1 Å². The highest BCUT2D eigenvalue weighted by Gasteiger charge is 2.19. The van der Waals surface area contributed by atoms with Crippen LogP contribution in [0, 0.1) is 11.8 Å². The normalized spacial score (nSPS) is 10.7. The minimum absolute atomic E-state index is 0.0823. The molecule has 0 radical (unpaired) electrons. The van der Waals surface area contributed by atoms with Crippen molar-refractivity contribution >= 4 is 33.8 Å². The predicted octanol–water partition coefficient (Wildman–Crippen LogP) is 4.17. The summed E-state index contributed by atoms with van der Waals surface area (Å²) in [6.07, 6.45) is 3.29. The first-order valence-electron chi connectivity index (χ1n) is 9.36. The molecule has 0 aliphatic rings. The average Bonchev–Trinajstić information content (AvgIpc) is 2.58. The number of rotatable bonds is 10. The van der Waals surface area contributed by atoms with Crippen LogP contribution in [0.5, 0.6) is 5.75 Å². The van der Waals surface area contributed by atoms with Crippen LogP contribution in [-0.2, 0) is 9.59 Å². The summed E-state index contributed by atoms with van der Waals surface area (Å²) in [6.45, 7) is 9.43. The summed E-state index contributed by atoms with van der Waals surface area (Å²) in [7, 11) is 1.56. The van der Waals surface area contributed by atoms with Crippen LogP contribution < -0.4 is 15.4 Å². The fraction of sp³-hybridized carbons (Fsp3) is 0.524. The second kappa shape index (κ2) is 11.8. The molecule has 0 saturated carbocycles. The molecule has 6 heteroatoms. The van der Waals surface area contributed by atoms with Crippen LogP contribution in [0.15, 0.2) is 28.2 Å². The van der Waals surface area contributed by atoms with Gasteiger partial charge >= 0.3 is 0 Å². The van der Waals surface area contributed by atoms with Gasteiger partial charge in [-0.05, 0) is 49.0 Å². The number of hydrogen-bond acceptors (Lipinski definition) is 3. The molecule has 150 valence electrons. The molecule has 1 aromatic rings. The van der Waals surface area contributed by atoms with E-state index in [9.17, 15) is 9.59 Å². The summed E-state index contributed by atoms with van der Waals surface area (Å²) in [6, 6.07) is 5.46. The Morgan fingerprint density at radius 3 is 2.00 bits per heavy atom. The van der Waals surface area contributed by atoms with Crippen molar-refractivity contribution in [2.24, 2.45) is 11.8 Å². The van der Waals surface area contributed by atoms with E-state index in [1.807, 2.05) is 12.1 Å². The SMILES string of the molecule is COc1ccc(Br)cc1C=C(C(=O)NCCC(C)C)C(=O)NCCC(C)C. The zero-order chi connectivity index (χ0) is 20.4. The maximum Gasteiger partial charge on any atom is 0.256 e. The Morgan fingerprint density at radius 2 is 1.56 bits per heavy atom. The number of hydrogen-bond donors (Lipinski definition) is 2. The van der Waals surface area contributed by atoms with Gasteiger partial charge in [-0.3, -0.25) is 9.59 Å². The van der Waals surface area contributed by atoms with Crippen molar-refractivity contribution in [2.75, 3.05) is 20.2 Å². The number of benzene rings is 1. The van der Waals surface area contributed by atoms with Gasteiger partial charge < -0.3 is 15.4 Å². The maximum absolute atomic E-state index is 12.7. The third-order valence-corrected chi connectivity index (χ3v) is 4.49. The van der Waals surface area contributed by atoms with Crippen molar-refractivity contribution in [1.29, 1.82) is 0 Å². The largest absolute Gasteiger partial charge is 0.496 e. The lowest BCUT2D eigenvalue weighted by atomic mass is 10.1. The summed E-state index contributed by atoms with van der Waals surface area (Å²) in [5.41, 5.74) is 0.749. The van der Waals surface area contributed by atoms with Gasteiger partial charge in [0.1, 0.15) is 11.3 Å². The van der Waals surface area contributed by atoms with Crippen LogP contribution in [0.1, 0.15) is 46.1 Å². The van der Waals surface area contributed by atoms with Gasteiger partial charge in [-0.2, -0.15) is 0 Å². The summed E-state index contributed by atoms with van der Waals surface area (Å²) >= 11 is 3.42. The Kier molecular flexibility index (Phi) is 10.1. The summed E-state index contributed by atoms with van der Waals surface area (Å²) in [5, 5.41) is 5.69. The Balaban J connectivity index is 3.07. The highest BCUT2D eigenvalue weighted by molar-refractivity contribution is 9.10. The van der Waals surface area contributed by atoms with Crippen LogP contribution >= 0.6 is 15.9 Å². The van der Waals surface area contributed by atoms with E-state index in [2.05, 4.69) is 54.3 Å². The van der Waals surface area contributed by atoms with E-state index in [0.717, 1.165) is 17.3 Å². The van der Waals surface area contributed by atoms with E-state index in [1.54, 1.807) is 19.3 Å². The third-order valence-electron chi connectivity index (χ3n) is 4.00. The van der Waals surface area contributed by atoms with Crippen molar-refractivity contribution in [2.45, 2.75) is 40.5 Å². The van der Waals surface area contributed by atoms with E-state index in [0.29, 0.717) is 36.2 Å². The number of halogens is 1. The first-order chi connectivity index (χ1) is 12.7. The molecule has 0 saturated heterocycles. The van der Waals surface area contributed by atoms with E-state index in [1.165, 1.54) is 0 Å². The molecule has 0 aliphatic carbocycles. The molecule has 0 spiro atoms. The van der Waals surface area contributed by atoms with Gasteiger partial charge in [0.25, 0.3) is 11.8 Å². The molecule has 1 rings (SSSR count). The molecule has 0 heterocycles. The number of nitrogens with one attached hydrogen (secondary N) is 2. The molecule has 0 unspecified atom stereocenters. The number of carbonyl (C=O) groups is 2. The molecule has 0 bridgehead atoms. The summed E-state index contributed by atoms with van der Waals surface area (Å²) < 4.78 is 6.20. The van der Waals surface area contributed by atoms with E-state index in [4.69, 9.17) is 4.74 Å². The molecule has 5 nitrogen and oxygen atoms in total. The van der Waals surface area contributed by atoms with Crippen molar-refractivity contribution in [3.05, 3.63) is 33.8 Å². The highest BCUT2D eigenvalue weighted by atomic mass is 79.9. The molecule has 0 aliphatic heterocycles. The van der Waals surface area contributed by atoms with Gasteiger partial charge in [0.15, 0.2) is 0 Å². The van der Waals surface area contributed by atoms with Gasteiger partial charge in [-0.15, -0.1) is 0 Å². The van der Waals surface area contributed by atoms with Crippen molar-refractivity contribution in [3.8, 4) is 5.75 Å². The van der Waals surface area contributed by atoms with Gasteiger partial charge in [0.05, 0.1) is 7.11 Å². The second-order valence-corrected chi connectivity index (χ2v) is 8.24. The van der Waals surface area contributed by atoms with Gasteiger partial charge in [0.2, 0.25) is 0 Å². The fourth-order valence-corrected chi connectivity index (χ4v) is 2.73. The van der Waals surface area contributed by atoms with Crippen molar-refractivity contribution < 1.29 is 14.3 Å². The lowest BCUT2D eigenvalue weighted by molar-refractivity contribution is -0.123. The van der Waals surface area contributed by atoms with Gasteiger partial charge in [-0.25, -0.2) is 0 Å². The zero-order valence-corrected chi connectivity index (χ0v) is 18.5. The topological polar surface area (TPSA) is 67.4 Å². The molecule has 2 amide bonds. The van der Waals surface area contributed by atoms with E-state index < -0.39 is 0 Å². The molecule has 0 atom stereocenters. The summed E-state index contributed by atoms with van der Waals surface area (Å²) in [4.78, 5) is 25.3. The molecule has 1 aromatic carbocycles. The predicted molar refractivity (Wildman–Crippen MR) is 114 cm³/mol. The maximum atomic E-state index is 12.7. The molecular weight excluding hydrogens is 408 g/mol. The molecular formula is C21H31BrN2O3. The lowest BCUT2D eigenvalue weighted by Gasteiger charge is -2.13. The molecule has 2 N–H and O–H groups in total. The lowest BCUT2D eigenvalue weighted by Crippen LogP contribution is -2.36. The second-order valence-electron chi connectivity index (χ2n) is 7.32. The summed E-state index contributed by atoms with van der Waals surface area (Å²) in [5.74, 6) is 0.797. The monoisotopic (exact) mass is 438 g/mol. The minimum atomic E-state index is -0.375. The number of amides is 2. The van der Waals surface area contributed by atoms with E-state index in [-0.39, 0.29) is 17.4 Å². The van der Waals surface area contributed by atoms with Crippen molar-refractivity contribution in [3.63, 3.8) is 0 Å². The van der Waals surface area contributed by atoms with Crippen LogP contribution in [0.4, 0.5) is 0 Å². The standard InChI is InChI=1S/C21H31BrN2O3/c1-14(2)8-10-23-20(25)18(21(26)24-11-9-15(3)4)13-16-12-17(22)6-7-19(16)27-5/h6-7,12-15H,8-11H2,1-5H3,(H,23,25)(H,24,26). The number of methoxy groups -OCH3 is 1. The minimum Gasteiger partial charge on any atom is -0.496 e. The Bertz CT molecular complexity index is 641. The Hall–Kier alpha value is -1.82. The first-order valence-corrected chi connectivity index (χ1v) is 10.2. The first kappa shape index (κ1) is 23.2. The molecule has 0 aromatic heterocycles. The average molecular weight is 439 g/mol. The quantitative estimate of drug-likeness (QED) is 0.327. The van der Waals surface area contributed by atoms with Crippen LogP contribution in [0.2, 0.25) is 0 Å². The number of carbonyl (C=O) groups excluding carboxylic acids is 2. The van der Waals surface area contributed by atoms with Crippen LogP contribution in [0.3, 0.4) is 0 Å². The van der Waals surface area contributed by atoms with E-state index >= 15 is 0 Å². The highest BCUT2D eigenvalue weighted by Crippen LogP contribution is 2.25. The van der Waals surface area contributed by atoms with Crippen LogP contribution in [0.25, 0.3) is 6.08 Å². The van der Waals surface area contributed by atoms with Gasteiger partial charge in [-0.1, -0.05) is 43.6 Å². The Labute approximate surface area is 171 Å². The smallest absolute Gasteiger partial charge is 0.256 e. The molecule has 0 fully saturated rings. The third kappa shape index (κ3) is 8.61. The molecule has 27 heavy (non-hydrogen) atoms. The zero-order valence-electron chi connectivity index (χ0n) is 16.9. The fourth-order valence-electron chi connectivity index (χ4n) is 2.35. The van der Waals surface area contributed by atoms with Crippen molar-refractivity contribution in [1.82, 2.24) is 10.6 Å². The number of ether oxygens (including phenoxy) is 1. The van der Waals surface area contributed by atoms with Crippen LogP contribution in [-0.4, -0.2) is 32.0 Å².